The van der Waals surface area contributed by atoms with Crippen LogP contribution >= 0.6 is 0 Å². The van der Waals surface area contributed by atoms with Gasteiger partial charge < -0.3 is 20.3 Å². The summed E-state index contributed by atoms with van der Waals surface area (Å²) >= 11 is 0. The number of nitrogens with two attached hydrogens (primary N) is 1. The van der Waals surface area contributed by atoms with Crippen LogP contribution in [0.25, 0.3) is 0 Å². The minimum absolute atomic E-state index is 0.0505. The van der Waals surface area contributed by atoms with Gasteiger partial charge in [0.1, 0.15) is 17.3 Å². The molecule has 108 valence electrons. The molecule has 0 radical (unpaired) electrons. The molecule has 0 amide bonds. The molecule has 1 fully saturated rings. The average molecular weight is 274 g/mol. The Hall–Kier alpha value is -1.75. The molecule has 0 saturated carbocycles. The molecule has 1 aromatic carbocycles. The molecule has 2 heterocycles. The first-order valence-corrected chi connectivity index (χ1v) is 7.25. The number of hydrogen-bond donors (Lipinski definition) is 1. The molecule has 0 aromatic heterocycles. The summed E-state index contributed by atoms with van der Waals surface area (Å²) in [6.45, 7) is 6.29. The second kappa shape index (κ2) is 5.32. The van der Waals surface area contributed by atoms with Crippen LogP contribution in [0, 0.1) is 0 Å². The number of likely N-dealkylation sites (N-methyl/N-ethyl adjacent to an activating group) is 1. The van der Waals surface area contributed by atoms with E-state index in [4.69, 9.17) is 15.5 Å². The van der Waals surface area contributed by atoms with Crippen molar-refractivity contribution in [3.05, 3.63) is 18.2 Å². The molecule has 0 bridgehead atoms. The molecule has 2 aliphatic heterocycles. The molecule has 0 aliphatic carbocycles. The van der Waals surface area contributed by atoms with Crippen LogP contribution in [0.1, 0.15) is 13.3 Å². The van der Waals surface area contributed by atoms with E-state index in [1.54, 1.807) is 0 Å². The van der Waals surface area contributed by atoms with E-state index in [-0.39, 0.29) is 6.10 Å². The van der Waals surface area contributed by atoms with Gasteiger partial charge in [0.05, 0.1) is 0 Å². The van der Waals surface area contributed by atoms with E-state index in [9.17, 15) is 0 Å². The predicted octanol–water partition coefficient (Wildman–Crippen LogP) is 1.72. The van der Waals surface area contributed by atoms with Crippen molar-refractivity contribution < 1.29 is 4.74 Å². The zero-order valence-corrected chi connectivity index (χ0v) is 12.2. The maximum absolute atomic E-state index is 6.09. The van der Waals surface area contributed by atoms with Crippen LogP contribution in [0.2, 0.25) is 0 Å². The molecule has 20 heavy (non-hydrogen) atoms. The molecule has 1 unspecified atom stereocenters. The molecule has 0 spiro atoms. The molecule has 1 atom stereocenters. The lowest BCUT2D eigenvalue weighted by Crippen LogP contribution is -2.51. The highest BCUT2D eigenvalue weighted by Gasteiger charge is 2.29. The molecule has 1 saturated heterocycles. The summed E-state index contributed by atoms with van der Waals surface area (Å²) in [5.74, 6) is 1.89. The van der Waals surface area contributed by atoms with Gasteiger partial charge in [0, 0.05) is 31.9 Å². The van der Waals surface area contributed by atoms with Gasteiger partial charge in [0.2, 0.25) is 0 Å². The van der Waals surface area contributed by atoms with Crippen LogP contribution in [-0.2, 0) is 0 Å². The maximum atomic E-state index is 6.09. The number of anilines is 1. The van der Waals surface area contributed by atoms with Crippen molar-refractivity contribution in [1.82, 2.24) is 9.80 Å². The largest absolute Gasteiger partial charge is 0.480 e. The van der Waals surface area contributed by atoms with E-state index in [0.717, 1.165) is 55.6 Å². The molecule has 5 heteroatoms. The van der Waals surface area contributed by atoms with Crippen molar-refractivity contribution >= 4 is 17.2 Å². The quantitative estimate of drug-likeness (QED) is 0.792. The minimum atomic E-state index is 0.0505. The summed E-state index contributed by atoms with van der Waals surface area (Å²) < 4.78 is 6.09. The van der Waals surface area contributed by atoms with Crippen molar-refractivity contribution in [2.45, 2.75) is 19.4 Å². The van der Waals surface area contributed by atoms with Gasteiger partial charge in [-0.2, -0.15) is 0 Å². The number of hydrogen-bond acceptors (Lipinski definition) is 5. The molecular formula is C15H22N4O. The Labute approximate surface area is 120 Å². The van der Waals surface area contributed by atoms with E-state index < -0.39 is 0 Å². The Balaban J connectivity index is 1.90. The first kappa shape index (κ1) is 13.2. The summed E-state index contributed by atoms with van der Waals surface area (Å²) in [5.41, 5.74) is 7.42. The van der Waals surface area contributed by atoms with E-state index in [2.05, 4.69) is 23.8 Å². The van der Waals surface area contributed by atoms with Crippen molar-refractivity contribution in [2.24, 2.45) is 4.99 Å². The van der Waals surface area contributed by atoms with Crippen molar-refractivity contribution in [3.63, 3.8) is 0 Å². The molecule has 2 aliphatic rings. The third-order valence-corrected chi connectivity index (χ3v) is 3.97. The number of rotatable bonds is 1. The number of aliphatic imine (C=N–C) groups is 1. The Bertz CT molecular complexity index is 521. The van der Waals surface area contributed by atoms with Crippen LogP contribution in [0.3, 0.4) is 0 Å². The lowest BCUT2D eigenvalue weighted by atomic mass is 10.1. The Morgan fingerprint density at radius 2 is 2.05 bits per heavy atom. The highest BCUT2D eigenvalue weighted by molar-refractivity contribution is 5.92. The maximum Gasteiger partial charge on any atom is 0.156 e. The fourth-order valence-corrected chi connectivity index (χ4v) is 2.70. The van der Waals surface area contributed by atoms with Crippen molar-refractivity contribution in [3.8, 4) is 5.75 Å². The molecule has 5 nitrogen and oxygen atoms in total. The summed E-state index contributed by atoms with van der Waals surface area (Å²) in [6.07, 6.45) is 0.976. The lowest BCUT2D eigenvalue weighted by Gasteiger charge is -2.38. The molecule has 2 N–H and O–H groups in total. The first-order valence-electron chi connectivity index (χ1n) is 7.25. The van der Waals surface area contributed by atoms with E-state index in [0.29, 0.717) is 0 Å². The van der Waals surface area contributed by atoms with Crippen LogP contribution in [0.15, 0.2) is 23.2 Å². The number of nitrogen functional groups attached to an aromatic ring is 1. The van der Waals surface area contributed by atoms with Crippen LogP contribution in [-0.4, -0.2) is 55.0 Å². The minimum Gasteiger partial charge on any atom is -0.480 e. The zero-order chi connectivity index (χ0) is 14.1. The van der Waals surface area contributed by atoms with Gasteiger partial charge >= 0.3 is 0 Å². The number of ether oxygens (including phenoxy) is 1. The number of piperazine rings is 1. The monoisotopic (exact) mass is 274 g/mol. The van der Waals surface area contributed by atoms with Crippen LogP contribution < -0.4 is 10.5 Å². The standard InChI is InChI=1S/C15H22N4O/c1-3-13-15(19-8-6-18(2)7-9-19)17-12-10-11(16)4-5-14(12)20-13/h4-5,10,13H,3,6-9,16H2,1-2H3. The molecular weight excluding hydrogens is 252 g/mol. The molecule has 1 aromatic rings. The SMILES string of the molecule is CCC1Oc2ccc(N)cc2N=C1N1CCN(C)CC1. The summed E-state index contributed by atoms with van der Waals surface area (Å²) in [6, 6.07) is 5.66. The lowest BCUT2D eigenvalue weighted by molar-refractivity contribution is 0.184. The average Bonchev–Trinajstić information content (AvgIpc) is 2.46. The number of nitrogens with zero attached hydrogens (tertiary/aromatic N) is 3. The van der Waals surface area contributed by atoms with E-state index in [1.165, 1.54) is 0 Å². The Morgan fingerprint density at radius 3 is 2.75 bits per heavy atom. The molecule has 3 rings (SSSR count). The highest BCUT2D eigenvalue weighted by Crippen LogP contribution is 2.35. The fourth-order valence-electron chi connectivity index (χ4n) is 2.70. The third kappa shape index (κ3) is 2.45. The zero-order valence-electron chi connectivity index (χ0n) is 12.2. The topological polar surface area (TPSA) is 54.1 Å². The van der Waals surface area contributed by atoms with Crippen LogP contribution in [0.5, 0.6) is 5.75 Å². The normalized spacial score (nSPS) is 23.0. The highest BCUT2D eigenvalue weighted by atomic mass is 16.5. The summed E-state index contributed by atoms with van der Waals surface area (Å²) in [4.78, 5) is 9.51. The second-order valence-corrected chi connectivity index (χ2v) is 5.50. The Kier molecular flexibility index (Phi) is 3.53. The van der Waals surface area contributed by atoms with Crippen molar-refractivity contribution in [1.29, 1.82) is 0 Å². The van der Waals surface area contributed by atoms with Gasteiger partial charge in [-0.1, -0.05) is 6.92 Å². The van der Waals surface area contributed by atoms with Gasteiger partial charge in [0.15, 0.2) is 6.10 Å². The smallest absolute Gasteiger partial charge is 0.156 e. The van der Waals surface area contributed by atoms with E-state index in [1.807, 2.05) is 18.2 Å². The number of fused-ring (bicyclic) bond motifs is 1. The number of benzene rings is 1. The fraction of sp³-hybridized carbons (Fsp3) is 0.533. The van der Waals surface area contributed by atoms with Gasteiger partial charge in [-0.3, -0.25) is 0 Å². The van der Waals surface area contributed by atoms with Gasteiger partial charge in [-0.05, 0) is 31.7 Å². The third-order valence-electron chi connectivity index (χ3n) is 3.97. The Morgan fingerprint density at radius 1 is 1.30 bits per heavy atom. The van der Waals surface area contributed by atoms with Crippen molar-refractivity contribution in [2.75, 3.05) is 39.0 Å². The summed E-state index contributed by atoms with van der Waals surface area (Å²) in [5, 5.41) is 0. The van der Waals surface area contributed by atoms with Gasteiger partial charge in [-0.25, -0.2) is 4.99 Å². The predicted molar refractivity (Wildman–Crippen MR) is 81.7 cm³/mol. The number of amidine groups is 1. The first-order chi connectivity index (χ1) is 9.67. The van der Waals surface area contributed by atoms with Gasteiger partial charge in [0.25, 0.3) is 0 Å². The van der Waals surface area contributed by atoms with E-state index >= 15 is 0 Å². The van der Waals surface area contributed by atoms with Gasteiger partial charge in [-0.15, -0.1) is 0 Å². The summed E-state index contributed by atoms with van der Waals surface area (Å²) in [7, 11) is 2.16. The second-order valence-electron chi connectivity index (χ2n) is 5.50. The van der Waals surface area contributed by atoms with Crippen LogP contribution in [0.4, 0.5) is 11.4 Å².